The highest BCUT2D eigenvalue weighted by Gasteiger charge is 2.23. The highest BCUT2D eigenvalue weighted by atomic mass is 16.2. The maximum absolute atomic E-state index is 12.3. The highest BCUT2D eigenvalue weighted by Crippen LogP contribution is 2.23. The SMILES string of the molecule is Cc1ccccc1C(C)CC(=O)N1CCCC(N)C1. The molecule has 3 heteroatoms. The first-order chi connectivity index (χ1) is 9.08. The lowest BCUT2D eigenvalue weighted by Crippen LogP contribution is -2.45. The average molecular weight is 260 g/mol. The molecule has 0 aromatic heterocycles. The fourth-order valence-corrected chi connectivity index (χ4v) is 2.88. The Morgan fingerprint density at radius 3 is 2.89 bits per heavy atom. The molecule has 19 heavy (non-hydrogen) atoms. The standard InChI is InChI=1S/C16H24N2O/c1-12-6-3-4-8-15(12)13(2)10-16(19)18-9-5-7-14(17)11-18/h3-4,6,8,13-14H,5,7,9-11,17H2,1-2H3. The van der Waals surface area contributed by atoms with Gasteiger partial charge in [-0.1, -0.05) is 31.2 Å². The van der Waals surface area contributed by atoms with Crippen molar-refractivity contribution in [1.29, 1.82) is 0 Å². The molecule has 2 atom stereocenters. The van der Waals surface area contributed by atoms with Crippen LogP contribution in [0.1, 0.15) is 43.2 Å². The van der Waals surface area contributed by atoms with Gasteiger partial charge in [0.15, 0.2) is 0 Å². The van der Waals surface area contributed by atoms with Gasteiger partial charge in [-0.2, -0.15) is 0 Å². The normalized spacial score (nSPS) is 21.2. The van der Waals surface area contributed by atoms with E-state index in [-0.39, 0.29) is 17.9 Å². The number of aryl methyl sites for hydroxylation is 1. The fraction of sp³-hybridized carbons (Fsp3) is 0.562. The molecular weight excluding hydrogens is 236 g/mol. The summed E-state index contributed by atoms with van der Waals surface area (Å²) in [5.41, 5.74) is 8.47. The Bertz CT molecular complexity index is 444. The van der Waals surface area contributed by atoms with E-state index in [1.807, 2.05) is 17.0 Å². The van der Waals surface area contributed by atoms with Gasteiger partial charge in [0.2, 0.25) is 5.91 Å². The molecule has 2 N–H and O–H groups in total. The lowest BCUT2D eigenvalue weighted by molar-refractivity contribution is -0.132. The van der Waals surface area contributed by atoms with Gasteiger partial charge in [-0.15, -0.1) is 0 Å². The van der Waals surface area contributed by atoms with Crippen molar-refractivity contribution in [2.24, 2.45) is 5.73 Å². The number of carbonyl (C=O) groups is 1. The van der Waals surface area contributed by atoms with Crippen molar-refractivity contribution < 1.29 is 4.79 Å². The summed E-state index contributed by atoms with van der Waals surface area (Å²) < 4.78 is 0. The number of hydrogen-bond acceptors (Lipinski definition) is 2. The van der Waals surface area contributed by atoms with Crippen molar-refractivity contribution in [2.45, 2.75) is 45.1 Å². The van der Waals surface area contributed by atoms with E-state index in [0.717, 1.165) is 25.9 Å². The number of rotatable bonds is 3. The Balaban J connectivity index is 1.97. The van der Waals surface area contributed by atoms with Crippen molar-refractivity contribution in [1.82, 2.24) is 4.90 Å². The van der Waals surface area contributed by atoms with Crippen LogP contribution in [-0.2, 0) is 4.79 Å². The van der Waals surface area contributed by atoms with Crippen LogP contribution in [0.5, 0.6) is 0 Å². The zero-order valence-corrected chi connectivity index (χ0v) is 11.9. The van der Waals surface area contributed by atoms with Gasteiger partial charge in [0.05, 0.1) is 0 Å². The second kappa shape index (κ2) is 6.20. The number of nitrogens with zero attached hydrogens (tertiary/aromatic N) is 1. The van der Waals surface area contributed by atoms with Crippen LogP contribution in [0.3, 0.4) is 0 Å². The number of piperidine rings is 1. The number of hydrogen-bond donors (Lipinski definition) is 1. The average Bonchev–Trinajstić information content (AvgIpc) is 2.39. The predicted molar refractivity (Wildman–Crippen MR) is 78.0 cm³/mol. The third kappa shape index (κ3) is 3.57. The summed E-state index contributed by atoms with van der Waals surface area (Å²) in [6.45, 7) is 5.82. The molecule has 0 bridgehead atoms. The molecule has 0 saturated carbocycles. The summed E-state index contributed by atoms with van der Waals surface area (Å²) in [5, 5.41) is 0. The molecule has 1 aliphatic rings. The quantitative estimate of drug-likeness (QED) is 0.907. The molecule has 0 aliphatic carbocycles. The van der Waals surface area contributed by atoms with E-state index in [9.17, 15) is 4.79 Å². The molecule has 1 aromatic rings. The molecule has 0 spiro atoms. The van der Waals surface area contributed by atoms with Crippen LogP contribution < -0.4 is 5.73 Å². The third-order valence-corrected chi connectivity index (χ3v) is 4.01. The van der Waals surface area contributed by atoms with Crippen LogP contribution in [0.2, 0.25) is 0 Å². The Morgan fingerprint density at radius 2 is 2.21 bits per heavy atom. The maximum Gasteiger partial charge on any atom is 0.223 e. The van der Waals surface area contributed by atoms with E-state index in [4.69, 9.17) is 5.73 Å². The zero-order valence-electron chi connectivity index (χ0n) is 11.9. The molecule has 1 aliphatic heterocycles. The molecule has 0 radical (unpaired) electrons. The zero-order chi connectivity index (χ0) is 13.8. The number of likely N-dealkylation sites (tertiary alicyclic amines) is 1. The largest absolute Gasteiger partial charge is 0.341 e. The topological polar surface area (TPSA) is 46.3 Å². The van der Waals surface area contributed by atoms with E-state index in [1.54, 1.807) is 0 Å². The second-order valence-electron chi connectivity index (χ2n) is 5.70. The van der Waals surface area contributed by atoms with Crippen molar-refractivity contribution in [2.75, 3.05) is 13.1 Å². The van der Waals surface area contributed by atoms with Gasteiger partial charge in [-0.05, 0) is 36.8 Å². The Morgan fingerprint density at radius 1 is 1.47 bits per heavy atom. The first-order valence-corrected chi connectivity index (χ1v) is 7.17. The van der Waals surface area contributed by atoms with Gasteiger partial charge in [-0.3, -0.25) is 4.79 Å². The Kier molecular flexibility index (Phi) is 4.59. The lowest BCUT2D eigenvalue weighted by Gasteiger charge is -2.31. The number of nitrogens with two attached hydrogens (primary N) is 1. The molecule has 1 heterocycles. The van der Waals surface area contributed by atoms with Gasteiger partial charge in [0, 0.05) is 25.6 Å². The first-order valence-electron chi connectivity index (χ1n) is 7.17. The molecule has 3 nitrogen and oxygen atoms in total. The summed E-state index contributed by atoms with van der Waals surface area (Å²) in [4.78, 5) is 14.2. The third-order valence-electron chi connectivity index (χ3n) is 4.01. The number of amides is 1. The minimum atomic E-state index is 0.159. The molecule has 1 saturated heterocycles. The van der Waals surface area contributed by atoms with Crippen LogP contribution in [0.15, 0.2) is 24.3 Å². The number of carbonyl (C=O) groups excluding carboxylic acids is 1. The summed E-state index contributed by atoms with van der Waals surface area (Å²) >= 11 is 0. The monoisotopic (exact) mass is 260 g/mol. The minimum Gasteiger partial charge on any atom is -0.341 e. The Hall–Kier alpha value is -1.35. The van der Waals surface area contributed by atoms with E-state index in [0.29, 0.717) is 6.42 Å². The summed E-state index contributed by atoms with van der Waals surface area (Å²) in [5.74, 6) is 0.512. The molecular formula is C16H24N2O. The van der Waals surface area contributed by atoms with Crippen LogP contribution in [0.25, 0.3) is 0 Å². The molecule has 104 valence electrons. The number of benzene rings is 1. The fourth-order valence-electron chi connectivity index (χ4n) is 2.88. The van der Waals surface area contributed by atoms with E-state index >= 15 is 0 Å². The van der Waals surface area contributed by atoms with Crippen molar-refractivity contribution in [3.05, 3.63) is 35.4 Å². The van der Waals surface area contributed by atoms with Crippen molar-refractivity contribution in [3.8, 4) is 0 Å². The minimum absolute atomic E-state index is 0.159. The van der Waals surface area contributed by atoms with Gasteiger partial charge in [0.1, 0.15) is 0 Å². The molecule has 2 rings (SSSR count). The molecule has 1 amide bonds. The van der Waals surface area contributed by atoms with E-state index in [1.165, 1.54) is 11.1 Å². The van der Waals surface area contributed by atoms with Gasteiger partial charge >= 0.3 is 0 Å². The smallest absolute Gasteiger partial charge is 0.223 e. The van der Waals surface area contributed by atoms with Crippen LogP contribution >= 0.6 is 0 Å². The Labute approximate surface area is 115 Å². The van der Waals surface area contributed by atoms with Crippen molar-refractivity contribution in [3.63, 3.8) is 0 Å². The first kappa shape index (κ1) is 14.1. The van der Waals surface area contributed by atoms with E-state index < -0.39 is 0 Å². The van der Waals surface area contributed by atoms with Crippen molar-refractivity contribution >= 4 is 5.91 Å². The van der Waals surface area contributed by atoms with Crippen LogP contribution in [0.4, 0.5) is 0 Å². The highest BCUT2D eigenvalue weighted by molar-refractivity contribution is 5.77. The lowest BCUT2D eigenvalue weighted by atomic mass is 9.93. The van der Waals surface area contributed by atoms with Gasteiger partial charge in [-0.25, -0.2) is 0 Å². The van der Waals surface area contributed by atoms with E-state index in [2.05, 4.69) is 26.0 Å². The molecule has 1 aromatic carbocycles. The summed E-state index contributed by atoms with van der Waals surface area (Å²) in [6, 6.07) is 8.46. The van der Waals surface area contributed by atoms with Gasteiger partial charge < -0.3 is 10.6 Å². The molecule has 1 fully saturated rings. The van der Waals surface area contributed by atoms with Gasteiger partial charge in [0.25, 0.3) is 0 Å². The maximum atomic E-state index is 12.3. The summed E-state index contributed by atoms with van der Waals surface area (Å²) in [7, 11) is 0. The second-order valence-corrected chi connectivity index (χ2v) is 5.70. The molecule has 2 unspecified atom stereocenters. The van der Waals surface area contributed by atoms with Crippen LogP contribution in [0, 0.1) is 6.92 Å². The summed E-state index contributed by atoms with van der Waals surface area (Å²) in [6.07, 6.45) is 2.65. The predicted octanol–water partition coefficient (Wildman–Crippen LogP) is 2.44. The van der Waals surface area contributed by atoms with Crippen LogP contribution in [-0.4, -0.2) is 29.9 Å².